The van der Waals surface area contributed by atoms with Gasteiger partial charge in [-0.3, -0.25) is 4.79 Å². The Labute approximate surface area is 209 Å². The van der Waals surface area contributed by atoms with Crippen molar-refractivity contribution in [3.63, 3.8) is 0 Å². The monoisotopic (exact) mass is 486 g/mol. The number of fused-ring (bicyclic) bond motifs is 3. The van der Waals surface area contributed by atoms with E-state index in [0.29, 0.717) is 19.3 Å². The number of rotatable bonds is 1. The van der Waals surface area contributed by atoms with Crippen LogP contribution in [0.1, 0.15) is 66.7 Å². The molecule has 1 heterocycles. The maximum absolute atomic E-state index is 13.8. The summed E-state index contributed by atoms with van der Waals surface area (Å²) in [7, 11) is 0. The smallest absolute Gasteiger partial charge is 0.333 e. The van der Waals surface area contributed by atoms with Crippen LogP contribution in [0.5, 0.6) is 0 Å². The van der Waals surface area contributed by atoms with Crippen molar-refractivity contribution in [3.05, 3.63) is 47.6 Å². The molecule has 194 valence electrons. The molecule has 0 radical (unpaired) electrons. The van der Waals surface area contributed by atoms with Crippen LogP contribution in [0.15, 0.2) is 47.6 Å². The first-order valence-electron chi connectivity index (χ1n) is 13.0. The van der Waals surface area contributed by atoms with E-state index in [-0.39, 0.29) is 47.2 Å². The number of ether oxygens (including phenoxy) is 1. The number of aliphatic hydroxyl groups excluding tert-OH is 2. The summed E-state index contributed by atoms with van der Waals surface area (Å²) >= 11 is 0. The molecule has 0 amide bonds. The van der Waals surface area contributed by atoms with Crippen LogP contribution >= 0.6 is 0 Å². The molecule has 1 aliphatic heterocycles. The lowest BCUT2D eigenvalue weighted by Crippen LogP contribution is -2.54. The molecule has 2 aliphatic carbocycles. The van der Waals surface area contributed by atoms with Crippen LogP contribution in [0.25, 0.3) is 0 Å². The van der Waals surface area contributed by atoms with Crippen molar-refractivity contribution < 1.29 is 29.6 Å². The molecular weight excluding hydrogens is 444 g/mol. The molecular formula is C29H42O6. The van der Waals surface area contributed by atoms with E-state index in [9.17, 15) is 24.9 Å². The van der Waals surface area contributed by atoms with Crippen LogP contribution in [0.3, 0.4) is 0 Å². The Balaban J connectivity index is 2.01. The molecule has 3 aliphatic rings. The molecule has 0 saturated heterocycles. The molecule has 35 heavy (non-hydrogen) atoms. The second-order valence-electron chi connectivity index (χ2n) is 11.1. The number of carbonyl (C=O) groups excluding carboxylic acids is 1. The SMILES string of the molecule is CC1=C[C@@H]2[C@H](O)[C@@H](C)CC[C@@H]2[C@@]2(C)C(=O)O[C@H](C)CCC/C=C(/C(=O)O)[C@H](O)[C@@H](C)/C=C/C=C/[C@@H]12. The Hall–Kier alpha value is -2.18. The first-order chi connectivity index (χ1) is 16.5. The standard InChI is InChI=1S/C29H42O6/c1-17-10-6-9-13-23-19(3)16-22-24(15-14-18(2)26(22)31)29(23,5)28(34)35-20(4)11-7-8-12-21(25(17)30)27(32)33/h6,9-10,12-13,16-18,20,22-26,30-31H,7-8,11,14-15H2,1-5H3,(H,32,33)/b10-6+,13-9+,21-12+/t17-,18-,20+,22-,23-,24-,25+,26+,29-/m0/s1. The number of aliphatic carboxylic acids is 1. The minimum absolute atomic E-state index is 0.00219. The van der Waals surface area contributed by atoms with E-state index in [4.69, 9.17) is 4.74 Å². The minimum Gasteiger partial charge on any atom is -0.478 e. The van der Waals surface area contributed by atoms with E-state index in [2.05, 4.69) is 13.0 Å². The first kappa shape index (κ1) is 27.4. The predicted octanol–water partition coefficient (Wildman–Crippen LogP) is 4.83. The van der Waals surface area contributed by atoms with Gasteiger partial charge < -0.3 is 20.1 Å². The maximum Gasteiger partial charge on any atom is 0.333 e. The molecule has 0 spiro atoms. The van der Waals surface area contributed by atoms with E-state index < -0.39 is 23.6 Å². The fourth-order valence-corrected chi connectivity index (χ4v) is 6.25. The van der Waals surface area contributed by atoms with Gasteiger partial charge in [-0.2, -0.15) is 0 Å². The summed E-state index contributed by atoms with van der Waals surface area (Å²) < 4.78 is 6.01. The highest BCUT2D eigenvalue weighted by atomic mass is 16.5. The van der Waals surface area contributed by atoms with Gasteiger partial charge in [-0.1, -0.05) is 55.9 Å². The van der Waals surface area contributed by atoms with Crippen molar-refractivity contribution >= 4 is 11.9 Å². The topological polar surface area (TPSA) is 104 Å². The molecule has 3 N–H and O–H groups in total. The molecule has 0 aromatic carbocycles. The fourth-order valence-electron chi connectivity index (χ4n) is 6.25. The van der Waals surface area contributed by atoms with Gasteiger partial charge in [0.05, 0.1) is 29.3 Å². The summed E-state index contributed by atoms with van der Waals surface area (Å²) in [5, 5.41) is 31.2. The van der Waals surface area contributed by atoms with Crippen LogP contribution < -0.4 is 0 Å². The van der Waals surface area contributed by atoms with Gasteiger partial charge in [0.25, 0.3) is 0 Å². The van der Waals surface area contributed by atoms with Crippen LogP contribution in [0.4, 0.5) is 0 Å². The highest BCUT2D eigenvalue weighted by Crippen LogP contribution is 2.55. The zero-order valence-corrected chi connectivity index (χ0v) is 21.7. The third kappa shape index (κ3) is 5.64. The van der Waals surface area contributed by atoms with Crippen molar-refractivity contribution in [2.75, 3.05) is 0 Å². The molecule has 1 saturated carbocycles. The number of hydrogen-bond donors (Lipinski definition) is 3. The van der Waals surface area contributed by atoms with Crippen molar-refractivity contribution in [2.24, 2.45) is 35.0 Å². The van der Waals surface area contributed by atoms with E-state index in [1.165, 1.54) is 0 Å². The largest absolute Gasteiger partial charge is 0.478 e. The fraction of sp³-hybridized carbons (Fsp3) is 0.655. The summed E-state index contributed by atoms with van der Waals surface area (Å²) in [6.07, 6.45) is 12.8. The number of carbonyl (C=O) groups is 2. The number of esters is 1. The number of hydrogen-bond acceptors (Lipinski definition) is 5. The Morgan fingerprint density at radius 1 is 1.09 bits per heavy atom. The van der Waals surface area contributed by atoms with Gasteiger partial charge >= 0.3 is 11.9 Å². The zero-order chi connectivity index (χ0) is 25.9. The molecule has 0 unspecified atom stereocenters. The van der Waals surface area contributed by atoms with E-state index in [0.717, 1.165) is 18.4 Å². The number of cyclic esters (lactones) is 1. The molecule has 0 bridgehead atoms. The lowest BCUT2D eigenvalue weighted by molar-refractivity contribution is -0.172. The summed E-state index contributed by atoms with van der Waals surface area (Å²) in [6.45, 7) is 9.75. The van der Waals surface area contributed by atoms with E-state index in [1.807, 2.05) is 39.0 Å². The molecule has 0 aromatic rings. The number of allylic oxidation sites excluding steroid dienone is 5. The third-order valence-electron chi connectivity index (χ3n) is 8.56. The van der Waals surface area contributed by atoms with Gasteiger partial charge in [0.2, 0.25) is 0 Å². The second kappa shape index (κ2) is 11.3. The summed E-state index contributed by atoms with van der Waals surface area (Å²) in [4.78, 5) is 25.5. The summed E-state index contributed by atoms with van der Waals surface area (Å²) in [5.41, 5.74) is 0.237. The lowest BCUT2D eigenvalue weighted by Gasteiger charge is -2.52. The average molecular weight is 487 g/mol. The molecule has 9 atom stereocenters. The van der Waals surface area contributed by atoms with E-state index in [1.54, 1.807) is 19.1 Å². The molecule has 3 rings (SSSR count). The predicted molar refractivity (Wildman–Crippen MR) is 135 cm³/mol. The highest BCUT2D eigenvalue weighted by molar-refractivity contribution is 5.87. The van der Waals surface area contributed by atoms with Gasteiger partial charge in [0.1, 0.15) is 0 Å². The maximum atomic E-state index is 13.8. The zero-order valence-electron chi connectivity index (χ0n) is 21.7. The normalized spacial score (nSPS) is 44.5. The molecule has 6 nitrogen and oxygen atoms in total. The minimum atomic E-state index is -1.12. The Morgan fingerprint density at radius 2 is 1.77 bits per heavy atom. The molecule has 1 fully saturated rings. The van der Waals surface area contributed by atoms with Crippen molar-refractivity contribution in [2.45, 2.75) is 85.0 Å². The third-order valence-corrected chi connectivity index (χ3v) is 8.56. The van der Waals surface area contributed by atoms with Gasteiger partial charge in [0, 0.05) is 17.8 Å². The van der Waals surface area contributed by atoms with Gasteiger partial charge in [-0.05, 0) is 64.7 Å². The van der Waals surface area contributed by atoms with Crippen LogP contribution in [0, 0.1) is 35.0 Å². The Kier molecular flexibility index (Phi) is 8.81. The average Bonchev–Trinajstić information content (AvgIpc) is 2.79. The van der Waals surface area contributed by atoms with Gasteiger partial charge in [-0.25, -0.2) is 4.79 Å². The molecule has 6 heteroatoms. The first-order valence-corrected chi connectivity index (χ1v) is 13.0. The summed E-state index contributed by atoms with van der Waals surface area (Å²) in [5.74, 6) is -1.82. The number of carboxylic acid groups (broad SMARTS) is 1. The Morgan fingerprint density at radius 3 is 2.46 bits per heavy atom. The number of carboxylic acids is 1. The van der Waals surface area contributed by atoms with Crippen LogP contribution in [0.2, 0.25) is 0 Å². The van der Waals surface area contributed by atoms with Crippen LogP contribution in [-0.2, 0) is 14.3 Å². The lowest BCUT2D eigenvalue weighted by atomic mass is 9.52. The van der Waals surface area contributed by atoms with Crippen LogP contribution in [-0.4, -0.2) is 45.6 Å². The highest BCUT2D eigenvalue weighted by Gasteiger charge is 2.56. The van der Waals surface area contributed by atoms with E-state index >= 15 is 0 Å². The van der Waals surface area contributed by atoms with Crippen molar-refractivity contribution in [1.29, 1.82) is 0 Å². The van der Waals surface area contributed by atoms with Crippen molar-refractivity contribution in [1.82, 2.24) is 0 Å². The number of aliphatic hydroxyl groups is 2. The second-order valence-corrected chi connectivity index (χ2v) is 11.1. The molecule has 0 aromatic heterocycles. The van der Waals surface area contributed by atoms with Gasteiger partial charge in [-0.15, -0.1) is 0 Å². The summed E-state index contributed by atoms with van der Waals surface area (Å²) in [6, 6.07) is 0. The quantitative estimate of drug-likeness (QED) is 0.362. The van der Waals surface area contributed by atoms with Gasteiger partial charge in [0.15, 0.2) is 0 Å². The van der Waals surface area contributed by atoms with Crippen molar-refractivity contribution in [3.8, 4) is 0 Å². The Bertz CT molecular complexity index is 914.